The third-order valence-electron chi connectivity index (χ3n) is 4.75. The molecule has 1 amide bonds. The van der Waals surface area contributed by atoms with E-state index in [9.17, 15) is 13.6 Å². The Morgan fingerprint density at radius 1 is 1.29 bits per heavy atom. The van der Waals surface area contributed by atoms with Gasteiger partial charge in [0.05, 0.1) is 12.7 Å². The highest BCUT2D eigenvalue weighted by Gasteiger charge is 2.46. The van der Waals surface area contributed by atoms with E-state index in [1.165, 1.54) is 0 Å². The van der Waals surface area contributed by atoms with Crippen molar-refractivity contribution in [2.75, 3.05) is 0 Å². The molecule has 1 aliphatic carbocycles. The van der Waals surface area contributed by atoms with Crippen LogP contribution in [-0.2, 0) is 6.54 Å². The zero-order valence-electron chi connectivity index (χ0n) is 15.3. The second kappa shape index (κ2) is 7.10. The second-order valence-corrected chi connectivity index (χ2v) is 7.08. The summed E-state index contributed by atoms with van der Waals surface area (Å²) in [5.41, 5.74) is 3.71. The molecule has 8 heteroatoms. The maximum atomic E-state index is 13.0. The van der Waals surface area contributed by atoms with Gasteiger partial charge in [-0.2, -0.15) is 0 Å². The molecule has 1 N–H and O–H groups in total. The summed E-state index contributed by atoms with van der Waals surface area (Å²) in [5, 5.41) is 11.0. The maximum absolute atomic E-state index is 13.0. The quantitative estimate of drug-likeness (QED) is 0.734. The lowest BCUT2D eigenvalue weighted by atomic mass is 9.88. The number of hydrogen-bond donors (Lipinski definition) is 1. The Hall–Kier alpha value is -3.16. The SMILES string of the molecule is Cc1cc(-c2cn(Cc3ccccc3C(=O)NC3CC(F)(F)C3)nn2)ccn1. The van der Waals surface area contributed by atoms with Gasteiger partial charge in [-0.15, -0.1) is 5.10 Å². The Labute approximate surface area is 160 Å². The predicted octanol–water partition coefficient (Wildman–Crippen LogP) is 3.22. The molecule has 4 rings (SSSR count). The van der Waals surface area contributed by atoms with Gasteiger partial charge in [-0.25, -0.2) is 13.5 Å². The zero-order chi connectivity index (χ0) is 19.7. The van der Waals surface area contributed by atoms with E-state index in [2.05, 4.69) is 20.6 Å². The molecule has 0 saturated heterocycles. The van der Waals surface area contributed by atoms with Crippen LogP contribution in [-0.4, -0.2) is 37.8 Å². The summed E-state index contributed by atoms with van der Waals surface area (Å²) in [6.45, 7) is 2.25. The summed E-state index contributed by atoms with van der Waals surface area (Å²) in [6, 6.07) is 10.4. The molecular weight excluding hydrogens is 364 g/mol. The van der Waals surface area contributed by atoms with E-state index < -0.39 is 12.0 Å². The minimum atomic E-state index is -2.67. The van der Waals surface area contributed by atoms with Gasteiger partial charge in [0.15, 0.2) is 0 Å². The first kappa shape index (κ1) is 18.2. The second-order valence-electron chi connectivity index (χ2n) is 7.08. The van der Waals surface area contributed by atoms with Crippen molar-refractivity contribution >= 4 is 5.91 Å². The number of halogens is 2. The van der Waals surface area contributed by atoms with Crippen LogP contribution in [0.5, 0.6) is 0 Å². The van der Waals surface area contributed by atoms with Crippen LogP contribution >= 0.6 is 0 Å². The molecule has 0 bridgehead atoms. The number of carbonyl (C=O) groups excluding carboxylic acids is 1. The molecule has 3 aromatic rings. The van der Waals surface area contributed by atoms with Gasteiger partial charge in [-0.3, -0.25) is 9.78 Å². The van der Waals surface area contributed by atoms with Crippen LogP contribution in [0, 0.1) is 6.92 Å². The number of alkyl halides is 2. The highest BCUT2D eigenvalue weighted by atomic mass is 19.3. The lowest BCUT2D eigenvalue weighted by Gasteiger charge is -2.35. The van der Waals surface area contributed by atoms with E-state index in [-0.39, 0.29) is 18.7 Å². The summed E-state index contributed by atoms with van der Waals surface area (Å²) in [7, 11) is 0. The zero-order valence-corrected chi connectivity index (χ0v) is 15.3. The molecular formula is C20H19F2N5O. The summed E-state index contributed by atoms with van der Waals surface area (Å²) in [5.74, 6) is -3.01. The number of benzene rings is 1. The van der Waals surface area contributed by atoms with E-state index >= 15 is 0 Å². The fraction of sp³-hybridized carbons (Fsp3) is 0.300. The standard InChI is InChI=1S/C20H19F2N5O/c1-13-8-14(6-7-23-13)18-12-27(26-25-18)11-15-4-2-3-5-17(15)19(28)24-16-9-20(21,22)10-16/h2-8,12,16H,9-11H2,1H3,(H,24,28). The summed E-state index contributed by atoms with van der Waals surface area (Å²) >= 11 is 0. The fourth-order valence-electron chi connectivity index (χ4n) is 3.29. The Bertz CT molecular complexity index is 1010. The van der Waals surface area contributed by atoms with Crippen molar-refractivity contribution in [1.82, 2.24) is 25.3 Å². The van der Waals surface area contributed by atoms with Crippen molar-refractivity contribution < 1.29 is 13.6 Å². The van der Waals surface area contributed by atoms with Crippen LogP contribution in [0.2, 0.25) is 0 Å². The lowest BCUT2D eigenvalue weighted by molar-refractivity contribution is -0.0901. The van der Waals surface area contributed by atoms with Crippen molar-refractivity contribution in [2.45, 2.75) is 38.3 Å². The average molecular weight is 383 g/mol. The number of rotatable bonds is 5. The molecule has 1 aromatic carbocycles. The molecule has 144 valence electrons. The number of nitrogens with zero attached hydrogens (tertiary/aromatic N) is 4. The first-order valence-electron chi connectivity index (χ1n) is 8.99. The van der Waals surface area contributed by atoms with Gasteiger partial charge in [0, 0.05) is 41.9 Å². The lowest BCUT2D eigenvalue weighted by Crippen LogP contribution is -2.50. The molecule has 6 nitrogen and oxygen atoms in total. The molecule has 0 atom stereocenters. The van der Waals surface area contributed by atoms with E-state index in [0.717, 1.165) is 16.8 Å². The largest absolute Gasteiger partial charge is 0.349 e. The molecule has 0 aliphatic heterocycles. The molecule has 1 aliphatic rings. The van der Waals surface area contributed by atoms with Crippen LogP contribution in [0.1, 0.15) is 34.5 Å². The van der Waals surface area contributed by atoms with Gasteiger partial charge in [-0.1, -0.05) is 23.4 Å². The van der Waals surface area contributed by atoms with Gasteiger partial charge >= 0.3 is 0 Å². The number of hydrogen-bond acceptors (Lipinski definition) is 4. The summed E-state index contributed by atoms with van der Waals surface area (Å²) in [4.78, 5) is 16.7. The van der Waals surface area contributed by atoms with Crippen molar-refractivity contribution in [3.05, 3.63) is 65.6 Å². The first-order chi connectivity index (χ1) is 13.4. The Kier molecular flexibility index (Phi) is 4.62. The number of aromatic nitrogens is 4. The van der Waals surface area contributed by atoms with Crippen LogP contribution in [0.3, 0.4) is 0 Å². The van der Waals surface area contributed by atoms with Gasteiger partial charge < -0.3 is 5.32 Å². The number of nitrogens with one attached hydrogen (secondary N) is 1. The molecule has 2 heterocycles. The van der Waals surface area contributed by atoms with Gasteiger partial charge in [-0.05, 0) is 30.7 Å². The Morgan fingerprint density at radius 3 is 2.82 bits per heavy atom. The van der Waals surface area contributed by atoms with Crippen molar-refractivity contribution in [3.8, 4) is 11.3 Å². The Morgan fingerprint density at radius 2 is 2.07 bits per heavy atom. The monoisotopic (exact) mass is 383 g/mol. The summed E-state index contributed by atoms with van der Waals surface area (Å²) in [6.07, 6.45) is 2.90. The van der Waals surface area contributed by atoms with Crippen LogP contribution in [0.25, 0.3) is 11.3 Å². The molecule has 0 radical (unpaired) electrons. The van der Waals surface area contributed by atoms with Gasteiger partial charge in [0.1, 0.15) is 5.69 Å². The molecule has 28 heavy (non-hydrogen) atoms. The number of aryl methyl sites for hydroxylation is 1. The number of carbonyl (C=O) groups is 1. The molecule has 1 fully saturated rings. The number of amides is 1. The van der Waals surface area contributed by atoms with E-state index in [4.69, 9.17) is 0 Å². The first-order valence-corrected chi connectivity index (χ1v) is 8.99. The minimum Gasteiger partial charge on any atom is -0.349 e. The molecule has 1 saturated carbocycles. The third kappa shape index (κ3) is 3.90. The normalized spacial score (nSPS) is 15.8. The summed E-state index contributed by atoms with van der Waals surface area (Å²) < 4.78 is 27.7. The maximum Gasteiger partial charge on any atom is 0.252 e. The topological polar surface area (TPSA) is 72.7 Å². The van der Waals surface area contributed by atoms with Gasteiger partial charge in [0.2, 0.25) is 0 Å². The van der Waals surface area contributed by atoms with Gasteiger partial charge in [0.25, 0.3) is 11.8 Å². The third-order valence-corrected chi connectivity index (χ3v) is 4.75. The van der Waals surface area contributed by atoms with Crippen LogP contribution in [0.4, 0.5) is 8.78 Å². The molecule has 0 spiro atoms. The van der Waals surface area contributed by atoms with E-state index in [1.807, 2.05) is 31.2 Å². The van der Waals surface area contributed by atoms with Crippen molar-refractivity contribution in [3.63, 3.8) is 0 Å². The molecule has 0 unspecified atom stereocenters. The fourth-order valence-corrected chi connectivity index (χ4v) is 3.29. The highest BCUT2D eigenvalue weighted by molar-refractivity contribution is 5.96. The molecule has 2 aromatic heterocycles. The predicted molar refractivity (Wildman–Crippen MR) is 99.0 cm³/mol. The van der Waals surface area contributed by atoms with E-state index in [0.29, 0.717) is 17.8 Å². The van der Waals surface area contributed by atoms with E-state index in [1.54, 1.807) is 29.2 Å². The average Bonchev–Trinajstić information content (AvgIpc) is 3.09. The van der Waals surface area contributed by atoms with Crippen LogP contribution < -0.4 is 5.32 Å². The minimum absolute atomic E-state index is 0.307. The number of pyridine rings is 1. The smallest absolute Gasteiger partial charge is 0.252 e. The van der Waals surface area contributed by atoms with Crippen molar-refractivity contribution in [1.29, 1.82) is 0 Å². The highest BCUT2D eigenvalue weighted by Crippen LogP contribution is 2.37. The van der Waals surface area contributed by atoms with Crippen LogP contribution in [0.15, 0.2) is 48.8 Å². The van der Waals surface area contributed by atoms with Crippen molar-refractivity contribution in [2.24, 2.45) is 0 Å². The Balaban J connectivity index is 1.49.